The van der Waals surface area contributed by atoms with E-state index < -0.39 is 0 Å². The van der Waals surface area contributed by atoms with Crippen LogP contribution in [0.25, 0.3) is 0 Å². The molecule has 98 valence electrons. The number of hydrogen-bond acceptors (Lipinski definition) is 2. The molecular formula is C14H19BrN2O. The van der Waals surface area contributed by atoms with E-state index in [9.17, 15) is 4.79 Å². The summed E-state index contributed by atoms with van der Waals surface area (Å²) >= 11 is 3.44. The Balaban J connectivity index is 2.12. The van der Waals surface area contributed by atoms with Gasteiger partial charge in [0.2, 0.25) is 0 Å². The van der Waals surface area contributed by atoms with E-state index in [1.165, 1.54) is 0 Å². The van der Waals surface area contributed by atoms with Gasteiger partial charge in [0.25, 0.3) is 5.91 Å². The summed E-state index contributed by atoms with van der Waals surface area (Å²) in [4.78, 5) is 14.4. The number of carbonyl (C=O) groups is 1. The summed E-state index contributed by atoms with van der Waals surface area (Å²) in [6.07, 6.45) is 2.17. The molecule has 1 aliphatic heterocycles. The number of nitrogens with two attached hydrogens (primary N) is 1. The first-order valence-corrected chi connectivity index (χ1v) is 7.18. The van der Waals surface area contributed by atoms with E-state index in [0.717, 1.165) is 36.0 Å². The van der Waals surface area contributed by atoms with Gasteiger partial charge in [-0.25, -0.2) is 0 Å². The average molecular weight is 311 g/mol. The maximum atomic E-state index is 12.4. The zero-order valence-electron chi connectivity index (χ0n) is 10.6. The summed E-state index contributed by atoms with van der Waals surface area (Å²) < 4.78 is 0.859. The van der Waals surface area contributed by atoms with Crippen molar-refractivity contribution < 1.29 is 4.79 Å². The molecule has 3 nitrogen and oxygen atoms in total. The van der Waals surface area contributed by atoms with Crippen LogP contribution in [-0.2, 0) is 0 Å². The molecule has 0 saturated carbocycles. The van der Waals surface area contributed by atoms with Crippen molar-refractivity contribution in [2.45, 2.75) is 25.8 Å². The summed E-state index contributed by atoms with van der Waals surface area (Å²) in [5.74, 6) is 0.526. The van der Waals surface area contributed by atoms with E-state index in [2.05, 4.69) is 15.9 Å². The normalized spacial score (nSPS) is 21.7. The number of amides is 1. The Kier molecular flexibility index (Phi) is 4.40. The van der Waals surface area contributed by atoms with Gasteiger partial charge in [0, 0.05) is 23.6 Å². The number of carbonyl (C=O) groups excluding carboxylic acids is 1. The van der Waals surface area contributed by atoms with Gasteiger partial charge < -0.3 is 10.6 Å². The highest BCUT2D eigenvalue weighted by Crippen LogP contribution is 2.23. The lowest BCUT2D eigenvalue weighted by molar-refractivity contribution is 0.0660. The van der Waals surface area contributed by atoms with Crippen molar-refractivity contribution in [2.75, 3.05) is 13.1 Å². The Morgan fingerprint density at radius 1 is 1.50 bits per heavy atom. The van der Waals surface area contributed by atoms with Crippen LogP contribution in [0, 0.1) is 5.92 Å². The van der Waals surface area contributed by atoms with E-state index in [0.29, 0.717) is 5.92 Å². The lowest BCUT2D eigenvalue weighted by Gasteiger charge is -2.34. The van der Waals surface area contributed by atoms with Crippen LogP contribution in [0.15, 0.2) is 28.7 Å². The summed E-state index contributed by atoms with van der Waals surface area (Å²) in [6, 6.07) is 7.73. The first-order valence-electron chi connectivity index (χ1n) is 6.39. The molecule has 18 heavy (non-hydrogen) atoms. The fourth-order valence-corrected chi connectivity index (χ4v) is 2.88. The highest BCUT2D eigenvalue weighted by Gasteiger charge is 2.27. The zero-order chi connectivity index (χ0) is 13.1. The Morgan fingerprint density at radius 3 is 2.89 bits per heavy atom. The van der Waals surface area contributed by atoms with Gasteiger partial charge in [0.15, 0.2) is 0 Å². The first kappa shape index (κ1) is 13.6. The zero-order valence-corrected chi connectivity index (χ0v) is 12.2. The average Bonchev–Trinajstić information content (AvgIpc) is 2.38. The molecular weight excluding hydrogens is 292 g/mol. The molecule has 0 aliphatic carbocycles. The molecule has 1 aliphatic rings. The topological polar surface area (TPSA) is 46.3 Å². The van der Waals surface area contributed by atoms with Gasteiger partial charge in [0.05, 0.1) is 5.56 Å². The third-order valence-electron chi connectivity index (χ3n) is 3.59. The molecule has 1 heterocycles. The summed E-state index contributed by atoms with van der Waals surface area (Å²) in [6.45, 7) is 3.64. The highest BCUT2D eigenvalue weighted by atomic mass is 79.9. The number of nitrogens with zero attached hydrogens (tertiary/aromatic N) is 1. The number of piperidine rings is 1. The number of hydrogen-bond donors (Lipinski definition) is 1. The van der Waals surface area contributed by atoms with Crippen LogP contribution in [0.5, 0.6) is 0 Å². The molecule has 0 radical (unpaired) electrons. The Hall–Kier alpha value is -0.870. The van der Waals surface area contributed by atoms with Gasteiger partial charge in [-0.1, -0.05) is 12.1 Å². The predicted octanol–water partition coefficient (Wildman–Crippen LogP) is 2.65. The second-order valence-electron chi connectivity index (χ2n) is 4.99. The Labute approximate surface area is 116 Å². The number of benzene rings is 1. The molecule has 1 amide bonds. The van der Waals surface area contributed by atoms with Crippen molar-refractivity contribution in [3.8, 4) is 0 Å². The van der Waals surface area contributed by atoms with Gasteiger partial charge in [-0.2, -0.15) is 0 Å². The SMILES string of the molecule is C[C@@H](N)[C@@H]1CCCN(C(=O)c2ccccc2Br)C1. The summed E-state index contributed by atoms with van der Waals surface area (Å²) in [5, 5.41) is 0. The maximum Gasteiger partial charge on any atom is 0.255 e. The summed E-state index contributed by atoms with van der Waals surface area (Å²) in [7, 11) is 0. The minimum absolute atomic E-state index is 0.104. The molecule has 1 aromatic carbocycles. The van der Waals surface area contributed by atoms with Crippen molar-refractivity contribution in [3.05, 3.63) is 34.3 Å². The van der Waals surface area contributed by atoms with Crippen molar-refractivity contribution in [1.29, 1.82) is 0 Å². The summed E-state index contributed by atoms with van der Waals surface area (Å²) in [5.41, 5.74) is 6.69. The molecule has 1 fully saturated rings. The van der Waals surface area contributed by atoms with Crippen molar-refractivity contribution >= 4 is 21.8 Å². The van der Waals surface area contributed by atoms with E-state index in [1.807, 2.05) is 36.1 Å². The van der Waals surface area contributed by atoms with Crippen molar-refractivity contribution in [2.24, 2.45) is 11.7 Å². The lowest BCUT2D eigenvalue weighted by atomic mass is 9.92. The largest absolute Gasteiger partial charge is 0.338 e. The molecule has 2 atom stereocenters. The fraction of sp³-hybridized carbons (Fsp3) is 0.500. The molecule has 1 saturated heterocycles. The van der Waals surface area contributed by atoms with Crippen LogP contribution >= 0.6 is 15.9 Å². The quantitative estimate of drug-likeness (QED) is 0.913. The fourth-order valence-electron chi connectivity index (χ4n) is 2.43. The molecule has 1 aromatic rings. The molecule has 2 rings (SSSR count). The van der Waals surface area contributed by atoms with Crippen molar-refractivity contribution in [3.63, 3.8) is 0 Å². The Morgan fingerprint density at radius 2 is 2.22 bits per heavy atom. The number of rotatable bonds is 2. The van der Waals surface area contributed by atoms with Crippen molar-refractivity contribution in [1.82, 2.24) is 4.90 Å². The van der Waals surface area contributed by atoms with Crippen LogP contribution in [0.3, 0.4) is 0 Å². The third-order valence-corrected chi connectivity index (χ3v) is 4.28. The van der Waals surface area contributed by atoms with Gasteiger partial charge in [0.1, 0.15) is 0 Å². The molecule has 0 aromatic heterocycles. The van der Waals surface area contributed by atoms with E-state index >= 15 is 0 Å². The monoisotopic (exact) mass is 310 g/mol. The minimum Gasteiger partial charge on any atom is -0.338 e. The van der Waals surface area contributed by atoms with Gasteiger partial charge >= 0.3 is 0 Å². The second kappa shape index (κ2) is 5.85. The maximum absolute atomic E-state index is 12.4. The second-order valence-corrected chi connectivity index (χ2v) is 5.85. The van der Waals surface area contributed by atoms with Gasteiger partial charge in [-0.3, -0.25) is 4.79 Å². The van der Waals surface area contributed by atoms with E-state index in [1.54, 1.807) is 0 Å². The first-order chi connectivity index (χ1) is 8.59. The molecule has 0 spiro atoms. The van der Waals surface area contributed by atoms with Crippen LogP contribution in [-0.4, -0.2) is 29.9 Å². The minimum atomic E-state index is 0.104. The molecule has 2 N–H and O–H groups in total. The number of likely N-dealkylation sites (tertiary alicyclic amines) is 1. The van der Waals surface area contributed by atoms with Gasteiger partial charge in [-0.05, 0) is 53.7 Å². The molecule has 4 heteroatoms. The molecule has 0 bridgehead atoms. The predicted molar refractivity (Wildman–Crippen MR) is 76.4 cm³/mol. The van der Waals surface area contributed by atoms with Gasteiger partial charge in [-0.15, -0.1) is 0 Å². The smallest absolute Gasteiger partial charge is 0.255 e. The Bertz CT molecular complexity index is 434. The van der Waals surface area contributed by atoms with E-state index in [4.69, 9.17) is 5.73 Å². The third kappa shape index (κ3) is 2.93. The van der Waals surface area contributed by atoms with E-state index in [-0.39, 0.29) is 11.9 Å². The van der Waals surface area contributed by atoms with Crippen LogP contribution in [0.2, 0.25) is 0 Å². The highest BCUT2D eigenvalue weighted by molar-refractivity contribution is 9.10. The molecule has 0 unspecified atom stereocenters. The number of halogens is 1. The lowest BCUT2D eigenvalue weighted by Crippen LogP contribution is -2.45. The standard InChI is InChI=1S/C14H19BrN2O/c1-10(16)11-5-4-8-17(9-11)14(18)12-6-2-3-7-13(12)15/h2-3,6-7,10-11H,4-5,8-9,16H2,1H3/t10-,11-/m1/s1. The van der Waals surface area contributed by atoms with Crippen LogP contribution in [0.4, 0.5) is 0 Å². The van der Waals surface area contributed by atoms with Crippen LogP contribution < -0.4 is 5.73 Å². The van der Waals surface area contributed by atoms with Crippen LogP contribution in [0.1, 0.15) is 30.1 Å².